The molecule has 0 saturated heterocycles. The molecule has 0 aliphatic heterocycles. The van der Waals surface area contributed by atoms with Crippen molar-refractivity contribution < 1.29 is 28.6 Å². The summed E-state index contributed by atoms with van der Waals surface area (Å²) in [7, 11) is 0. The van der Waals surface area contributed by atoms with Gasteiger partial charge in [-0.3, -0.25) is 14.4 Å². The van der Waals surface area contributed by atoms with Gasteiger partial charge in [0.05, 0.1) is 0 Å². The maximum atomic E-state index is 12.8. The van der Waals surface area contributed by atoms with Gasteiger partial charge in [-0.05, 0) is 83.5 Å². The van der Waals surface area contributed by atoms with Gasteiger partial charge in [-0.2, -0.15) is 0 Å². The molecule has 0 spiro atoms. The van der Waals surface area contributed by atoms with Crippen LogP contribution in [-0.4, -0.2) is 37.2 Å². The van der Waals surface area contributed by atoms with Crippen molar-refractivity contribution in [2.24, 2.45) is 0 Å². The van der Waals surface area contributed by atoms with E-state index in [4.69, 9.17) is 14.2 Å². The minimum Gasteiger partial charge on any atom is -0.462 e. The van der Waals surface area contributed by atoms with E-state index in [9.17, 15) is 14.4 Å². The maximum absolute atomic E-state index is 12.8. The number of ether oxygens (including phenoxy) is 3. The van der Waals surface area contributed by atoms with E-state index in [2.05, 4.69) is 93.7 Å². The molecule has 0 heterocycles. The monoisotopic (exact) mass is 879 g/mol. The number of carbonyl (C=O) groups excluding carboxylic acids is 3. The molecular weight excluding hydrogens is 781 g/mol. The van der Waals surface area contributed by atoms with Crippen LogP contribution in [0.2, 0.25) is 0 Å². The van der Waals surface area contributed by atoms with E-state index in [-0.39, 0.29) is 37.5 Å². The largest absolute Gasteiger partial charge is 0.462 e. The van der Waals surface area contributed by atoms with Gasteiger partial charge in [-0.25, -0.2) is 0 Å². The molecule has 362 valence electrons. The van der Waals surface area contributed by atoms with Gasteiger partial charge in [-0.1, -0.05) is 222 Å². The van der Waals surface area contributed by atoms with Crippen molar-refractivity contribution in [3.05, 3.63) is 72.9 Å². The van der Waals surface area contributed by atoms with Gasteiger partial charge in [0, 0.05) is 19.3 Å². The molecule has 1 unspecified atom stereocenters. The number of unbranched alkanes of at least 4 members (excludes halogenated alkanes) is 25. The average molecular weight is 879 g/mol. The summed E-state index contributed by atoms with van der Waals surface area (Å²) in [5.74, 6) is -0.972. The third kappa shape index (κ3) is 49.7. The van der Waals surface area contributed by atoms with Gasteiger partial charge in [0.2, 0.25) is 0 Å². The van der Waals surface area contributed by atoms with E-state index in [0.29, 0.717) is 19.3 Å². The minimum absolute atomic E-state index is 0.101. The Hall–Kier alpha value is -3.15. The van der Waals surface area contributed by atoms with Crippen molar-refractivity contribution >= 4 is 17.9 Å². The Morgan fingerprint density at radius 3 is 1.06 bits per heavy atom. The van der Waals surface area contributed by atoms with Gasteiger partial charge < -0.3 is 14.2 Å². The molecule has 0 fully saturated rings. The number of hydrogen-bond donors (Lipinski definition) is 0. The topological polar surface area (TPSA) is 78.9 Å². The molecule has 0 rings (SSSR count). The second kappa shape index (κ2) is 51.5. The number of allylic oxidation sites excluding steroid dienone is 12. The van der Waals surface area contributed by atoms with Gasteiger partial charge in [0.25, 0.3) is 0 Å². The van der Waals surface area contributed by atoms with Crippen LogP contribution in [0.3, 0.4) is 0 Å². The lowest BCUT2D eigenvalue weighted by Gasteiger charge is -2.18. The number of rotatable bonds is 47. The van der Waals surface area contributed by atoms with Crippen LogP contribution in [-0.2, 0) is 28.6 Å². The second-order valence-corrected chi connectivity index (χ2v) is 17.5. The Balaban J connectivity index is 4.46. The zero-order valence-electron chi connectivity index (χ0n) is 41.3. The first-order valence-electron chi connectivity index (χ1n) is 26.5. The summed E-state index contributed by atoms with van der Waals surface area (Å²) in [5.41, 5.74) is 0. The molecule has 0 aliphatic carbocycles. The van der Waals surface area contributed by atoms with Gasteiger partial charge >= 0.3 is 17.9 Å². The SMILES string of the molecule is CCCCC/C=C\C/C=C\C/C=C\C/C=C\CCCC(=O)OC(COC(=O)CCCCCCC/C=C\C=C/CCCCCCCCC)COC(=O)CCCCCCCCCCCC. The van der Waals surface area contributed by atoms with Crippen molar-refractivity contribution in [2.45, 2.75) is 258 Å². The van der Waals surface area contributed by atoms with E-state index in [0.717, 1.165) is 83.5 Å². The minimum atomic E-state index is -0.808. The summed E-state index contributed by atoms with van der Waals surface area (Å²) in [6.45, 7) is 6.54. The molecule has 0 saturated carbocycles. The molecule has 63 heavy (non-hydrogen) atoms. The Morgan fingerprint density at radius 1 is 0.333 bits per heavy atom. The third-order valence-corrected chi connectivity index (χ3v) is 11.2. The fourth-order valence-corrected chi connectivity index (χ4v) is 7.19. The first-order valence-corrected chi connectivity index (χ1v) is 26.5. The summed E-state index contributed by atoms with van der Waals surface area (Å²) < 4.78 is 16.7. The molecule has 0 aromatic heterocycles. The normalized spacial score (nSPS) is 12.6. The van der Waals surface area contributed by atoms with Crippen molar-refractivity contribution in [1.29, 1.82) is 0 Å². The van der Waals surface area contributed by atoms with Crippen LogP contribution in [0.25, 0.3) is 0 Å². The molecule has 0 amide bonds. The second-order valence-electron chi connectivity index (χ2n) is 17.5. The molecule has 0 radical (unpaired) electrons. The standard InChI is InChI=1S/C57H98O6/c1-4-7-10-13-16-19-22-24-26-28-30-31-33-35-38-41-44-47-50-56(59)62-53-54(52-61-55(58)49-46-43-40-37-21-18-15-12-9-6-3)63-57(60)51-48-45-42-39-36-34-32-29-27-25-23-20-17-14-11-8-5-2/h17,20,25-28,30-32,34,39,42,54H,4-16,18-19,21-24,29,33,35-38,40-41,43-53H2,1-3H3/b20-17-,27-25-,28-26-,31-30-,34-32-,42-39-. The van der Waals surface area contributed by atoms with Gasteiger partial charge in [0.1, 0.15) is 13.2 Å². The molecule has 6 nitrogen and oxygen atoms in total. The summed E-state index contributed by atoms with van der Waals surface area (Å²) in [5, 5.41) is 0. The summed E-state index contributed by atoms with van der Waals surface area (Å²) >= 11 is 0. The molecule has 0 aliphatic rings. The first-order chi connectivity index (χ1) is 31.0. The molecular formula is C57H98O6. The molecule has 0 N–H and O–H groups in total. The smallest absolute Gasteiger partial charge is 0.306 e. The lowest BCUT2D eigenvalue weighted by molar-refractivity contribution is -0.167. The van der Waals surface area contributed by atoms with E-state index in [1.165, 1.54) is 122 Å². The first kappa shape index (κ1) is 59.9. The van der Waals surface area contributed by atoms with Crippen LogP contribution >= 0.6 is 0 Å². The highest BCUT2D eigenvalue weighted by molar-refractivity contribution is 5.71. The lowest BCUT2D eigenvalue weighted by atomic mass is 10.1. The third-order valence-electron chi connectivity index (χ3n) is 11.2. The quantitative estimate of drug-likeness (QED) is 0.0199. The van der Waals surface area contributed by atoms with E-state index >= 15 is 0 Å². The molecule has 1 atom stereocenters. The maximum Gasteiger partial charge on any atom is 0.306 e. The summed E-state index contributed by atoms with van der Waals surface area (Å²) in [6.07, 6.45) is 64.6. The molecule has 0 bridgehead atoms. The predicted molar refractivity (Wildman–Crippen MR) is 270 cm³/mol. The Morgan fingerprint density at radius 2 is 0.635 bits per heavy atom. The van der Waals surface area contributed by atoms with Crippen molar-refractivity contribution in [2.75, 3.05) is 13.2 Å². The van der Waals surface area contributed by atoms with E-state index in [1.807, 2.05) is 0 Å². The molecule has 6 heteroatoms. The molecule has 0 aromatic rings. The van der Waals surface area contributed by atoms with Crippen LogP contribution in [0.1, 0.15) is 252 Å². The summed E-state index contributed by atoms with van der Waals surface area (Å²) in [4.78, 5) is 37.9. The van der Waals surface area contributed by atoms with Gasteiger partial charge in [-0.15, -0.1) is 0 Å². The van der Waals surface area contributed by atoms with E-state index < -0.39 is 6.10 Å². The highest BCUT2D eigenvalue weighted by Gasteiger charge is 2.19. The highest BCUT2D eigenvalue weighted by atomic mass is 16.6. The van der Waals surface area contributed by atoms with Crippen molar-refractivity contribution in [3.63, 3.8) is 0 Å². The van der Waals surface area contributed by atoms with Crippen molar-refractivity contribution in [1.82, 2.24) is 0 Å². The Kier molecular flexibility index (Phi) is 48.9. The zero-order chi connectivity index (χ0) is 45.8. The summed E-state index contributed by atoms with van der Waals surface area (Å²) in [6, 6.07) is 0. The lowest BCUT2D eigenvalue weighted by Crippen LogP contribution is -2.30. The number of hydrogen-bond acceptors (Lipinski definition) is 6. The fraction of sp³-hybridized carbons (Fsp3) is 0.737. The Labute approximate surface area is 389 Å². The van der Waals surface area contributed by atoms with Crippen molar-refractivity contribution in [3.8, 4) is 0 Å². The van der Waals surface area contributed by atoms with Crippen LogP contribution < -0.4 is 0 Å². The fourth-order valence-electron chi connectivity index (χ4n) is 7.19. The van der Waals surface area contributed by atoms with Crippen LogP contribution in [0.4, 0.5) is 0 Å². The predicted octanol–water partition coefficient (Wildman–Crippen LogP) is 17.4. The van der Waals surface area contributed by atoms with Gasteiger partial charge in [0.15, 0.2) is 6.10 Å². The van der Waals surface area contributed by atoms with Crippen LogP contribution in [0, 0.1) is 0 Å². The Bertz CT molecular complexity index is 1190. The average Bonchev–Trinajstić information content (AvgIpc) is 3.28. The zero-order valence-corrected chi connectivity index (χ0v) is 41.3. The van der Waals surface area contributed by atoms with E-state index in [1.54, 1.807) is 0 Å². The van der Waals surface area contributed by atoms with Crippen LogP contribution in [0.15, 0.2) is 72.9 Å². The number of carbonyl (C=O) groups is 3. The highest BCUT2D eigenvalue weighted by Crippen LogP contribution is 2.14. The number of esters is 3. The molecule has 0 aromatic carbocycles. The van der Waals surface area contributed by atoms with Crippen LogP contribution in [0.5, 0.6) is 0 Å².